The molecular formula is C58H62N8O13S4. The smallest absolute Gasteiger partial charge is 0.309 e. The molecule has 21 nitrogen and oxygen atoms in total. The third-order valence-corrected chi connectivity index (χ3v) is 17.6. The molecule has 0 saturated heterocycles. The molecule has 12 rings (SSSR count). The number of fused-ring (bicyclic) bond motifs is 4. The lowest BCUT2D eigenvalue weighted by atomic mass is 9.79. The molecule has 1 N–H and O–H groups in total. The van der Waals surface area contributed by atoms with Crippen molar-refractivity contribution in [1.29, 1.82) is 0 Å². The first-order valence-electron chi connectivity index (χ1n) is 26.8. The number of ether oxygens (including phenoxy) is 8. The molecule has 10 aromatic rings. The van der Waals surface area contributed by atoms with Gasteiger partial charge in [0.15, 0.2) is 11.5 Å². The van der Waals surface area contributed by atoms with Crippen molar-refractivity contribution < 1.29 is 61.4 Å². The summed E-state index contributed by atoms with van der Waals surface area (Å²) in [4.78, 5) is 45.1. The van der Waals surface area contributed by atoms with Gasteiger partial charge in [0.05, 0.1) is 74.8 Å². The molecule has 1 fully saturated rings. The van der Waals surface area contributed by atoms with Gasteiger partial charge in [0.25, 0.3) is 10.4 Å². The van der Waals surface area contributed by atoms with E-state index in [-0.39, 0.29) is 37.0 Å². The predicted molar refractivity (Wildman–Crippen MR) is 314 cm³/mol. The second-order valence-corrected chi connectivity index (χ2v) is 25.6. The quantitative estimate of drug-likeness (QED) is 0.0884. The van der Waals surface area contributed by atoms with Crippen LogP contribution in [0.2, 0.25) is 0 Å². The Hall–Kier alpha value is -7.58. The van der Waals surface area contributed by atoms with Crippen LogP contribution in [0.4, 0.5) is 0 Å². The number of benzene rings is 2. The van der Waals surface area contributed by atoms with Gasteiger partial charge >= 0.3 is 11.9 Å². The lowest BCUT2D eigenvalue weighted by Gasteiger charge is -2.34. The summed E-state index contributed by atoms with van der Waals surface area (Å²) in [5.74, 6) is 2.94. The van der Waals surface area contributed by atoms with E-state index in [1.807, 2.05) is 76.6 Å². The minimum atomic E-state index is -1.07. The predicted octanol–water partition coefficient (Wildman–Crippen LogP) is 12.8. The summed E-state index contributed by atoms with van der Waals surface area (Å²) in [6, 6.07) is 11.1. The summed E-state index contributed by atoms with van der Waals surface area (Å²) < 4.78 is 60.5. The molecule has 0 amide bonds. The molecule has 8 aromatic heterocycles. The average Bonchev–Trinajstić information content (AvgIpc) is 3.57. The van der Waals surface area contributed by atoms with Gasteiger partial charge < -0.3 is 51.8 Å². The molecule has 0 radical (unpaired) electrons. The van der Waals surface area contributed by atoms with Crippen LogP contribution in [0.15, 0.2) is 74.5 Å². The third kappa shape index (κ3) is 12.8. The Morgan fingerprint density at radius 1 is 0.651 bits per heavy atom. The molecule has 8 heterocycles. The fourth-order valence-corrected chi connectivity index (χ4v) is 12.9. The first-order chi connectivity index (χ1) is 39.7. The zero-order valence-corrected chi connectivity index (χ0v) is 50.7. The molecule has 25 heteroatoms. The van der Waals surface area contributed by atoms with E-state index in [1.165, 1.54) is 34.0 Å². The van der Waals surface area contributed by atoms with Crippen molar-refractivity contribution in [2.24, 2.45) is 11.8 Å². The second kappa shape index (κ2) is 23.2. The van der Waals surface area contributed by atoms with Crippen molar-refractivity contribution in [3.05, 3.63) is 87.0 Å². The van der Waals surface area contributed by atoms with Crippen LogP contribution in [0.3, 0.4) is 0 Å². The fraction of sp³-hybridized carbons (Fsp3) is 0.414. The number of esters is 2. The number of hydrogen-bond acceptors (Lipinski definition) is 23. The molecule has 0 spiro atoms. The molecule has 436 valence electrons. The van der Waals surface area contributed by atoms with Crippen molar-refractivity contribution >= 4 is 94.7 Å². The fourth-order valence-electron chi connectivity index (χ4n) is 9.63. The highest BCUT2D eigenvalue weighted by atomic mass is 32.1. The van der Waals surface area contributed by atoms with Crippen LogP contribution in [0, 0.1) is 11.8 Å². The molecule has 83 heavy (non-hydrogen) atoms. The average molecular weight is 1210 g/mol. The van der Waals surface area contributed by atoms with Crippen molar-refractivity contribution in [3.63, 3.8) is 0 Å². The van der Waals surface area contributed by atoms with Crippen molar-refractivity contribution in [2.75, 3.05) is 28.4 Å². The Labute approximate surface area is 492 Å². The number of furan rings is 2. The normalized spacial score (nSPS) is 17.6. The number of hydrogen-bond donors (Lipinski definition) is 1. The maximum Gasteiger partial charge on any atom is 0.309 e. The van der Waals surface area contributed by atoms with Crippen LogP contribution in [-0.2, 0) is 37.9 Å². The Kier molecular flexibility index (Phi) is 16.0. The highest BCUT2D eigenvalue weighted by molar-refractivity contribution is 7.18. The number of imidazole rings is 2. The lowest BCUT2D eigenvalue weighted by molar-refractivity contribution is -0.163. The van der Waals surface area contributed by atoms with Crippen molar-refractivity contribution in [1.82, 2.24) is 39.2 Å². The number of allylic oxidation sites excluding steroid dienone is 2. The Morgan fingerprint density at radius 2 is 1.16 bits per heavy atom. The minimum absolute atomic E-state index is 0.103. The van der Waals surface area contributed by atoms with E-state index in [2.05, 4.69) is 26.2 Å². The third-order valence-electron chi connectivity index (χ3n) is 13.8. The summed E-state index contributed by atoms with van der Waals surface area (Å²) in [6.07, 6.45) is 9.93. The van der Waals surface area contributed by atoms with Crippen molar-refractivity contribution in [2.45, 2.75) is 117 Å². The second-order valence-electron chi connectivity index (χ2n) is 22.1. The number of methoxy groups -OCH3 is 4. The summed E-state index contributed by atoms with van der Waals surface area (Å²) in [5, 5.41) is 28.2. The summed E-state index contributed by atoms with van der Waals surface area (Å²) in [6.45, 7) is 11.8. The van der Waals surface area contributed by atoms with E-state index in [4.69, 9.17) is 56.7 Å². The zero-order chi connectivity index (χ0) is 58.4. The van der Waals surface area contributed by atoms with Gasteiger partial charge in [0.1, 0.15) is 85.6 Å². The highest BCUT2D eigenvalue weighted by Crippen LogP contribution is 2.44. The summed E-state index contributed by atoms with van der Waals surface area (Å²) in [7, 11) is 6.34. The standard InChI is InChI=1S/C29H32N4O7S2.C29H30N4O6S2/c1-28(2,3)40-24(34)16-6-8-29(35,9-7-16)25-30-17(15-41-25)14-38-21-10-18(36-4)11-22-19(21)12-23(39-22)20-13-33-26(31-20)42-27(32-33)37-5;1-29(2,3)39-26(34)17-8-6-16(7-9-17)25-30-18(15-40-25)14-37-22-10-19(35-4)11-23-20(22)12-24(38-23)21-13-33-27(31-21)41-28(32-33)36-5/h10-13,15-16,35H,6-9,14H2,1-5H3;6,10-13,15,17H,7-9,14H2,1-5H3. The van der Waals surface area contributed by atoms with Gasteiger partial charge in [0, 0.05) is 35.0 Å². The Bertz CT molecular complexity index is 3940. The van der Waals surface area contributed by atoms with E-state index in [0.717, 1.165) is 39.9 Å². The van der Waals surface area contributed by atoms with Gasteiger partial charge in [-0.05, 0) is 127 Å². The largest absolute Gasteiger partial charge is 0.496 e. The molecule has 1 unspecified atom stereocenters. The van der Waals surface area contributed by atoms with E-state index >= 15 is 0 Å². The van der Waals surface area contributed by atoms with Gasteiger partial charge in [-0.2, -0.15) is 0 Å². The molecule has 2 aliphatic carbocycles. The first kappa shape index (κ1) is 57.2. The van der Waals surface area contributed by atoms with Gasteiger partial charge in [-0.25, -0.2) is 29.0 Å². The SMILES string of the molecule is COc1cc(OCc2csc(C3(O)CCC(C(=O)OC(C)(C)C)CC3)n2)c2cc(-c3cn4nc(OC)sc4n3)oc2c1.COc1cc(OCc2csc(C3=CCC(C(=O)OC(C)(C)C)CC3)n2)c2cc(-c3cn4nc(OC)sc4n3)oc2c1. The van der Waals surface area contributed by atoms with Crippen molar-refractivity contribution in [3.8, 4) is 56.3 Å². The Balaban J connectivity index is 0.000000174. The van der Waals surface area contributed by atoms with E-state index in [9.17, 15) is 14.7 Å². The maximum atomic E-state index is 12.5. The maximum absolute atomic E-state index is 12.5. The zero-order valence-electron chi connectivity index (χ0n) is 47.4. The number of thiazole rings is 2. The van der Waals surface area contributed by atoms with E-state index in [0.29, 0.717) is 120 Å². The molecule has 1 saturated carbocycles. The number of rotatable bonds is 16. The van der Waals surface area contributed by atoms with E-state index in [1.54, 1.807) is 73.3 Å². The van der Waals surface area contributed by atoms with Crippen LogP contribution in [-0.4, -0.2) is 95.9 Å². The number of aliphatic hydroxyl groups is 1. The monoisotopic (exact) mass is 1210 g/mol. The van der Waals surface area contributed by atoms with Crippen LogP contribution in [0.1, 0.15) is 108 Å². The van der Waals surface area contributed by atoms with E-state index < -0.39 is 16.8 Å². The van der Waals surface area contributed by atoms with Crippen LogP contribution < -0.4 is 28.4 Å². The van der Waals surface area contributed by atoms with Gasteiger partial charge in [-0.1, -0.05) is 6.08 Å². The van der Waals surface area contributed by atoms with Crippen LogP contribution >= 0.6 is 45.3 Å². The number of aromatic nitrogens is 8. The van der Waals surface area contributed by atoms with Crippen LogP contribution in [0.25, 0.3) is 60.3 Å². The molecular weight excluding hydrogens is 1140 g/mol. The number of carbonyl (C=O) groups excluding carboxylic acids is 2. The number of nitrogens with zero attached hydrogens (tertiary/aromatic N) is 8. The topological polar surface area (TPSA) is 241 Å². The summed E-state index contributed by atoms with van der Waals surface area (Å²) in [5.41, 5.74) is 3.14. The molecule has 1 atom stereocenters. The molecule has 0 aliphatic heterocycles. The van der Waals surface area contributed by atoms with Crippen LogP contribution in [0.5, 0.6) is 33.4 Å². The lowest BCUT2D eigenvalue weighted by Crippen LogP contribution is -2.36. The summed E-state index contributed by atoms with van der Waals surface area (Å²) >= 11 is 5.68. The number of carbonyl (C=O) groups is 2. The first-order valence-corrected chi connectivity index (χ1v) is 30.2. The van der Waals surface area contributed by atoms with Gasteiger partial charge in [0.2, 0.25) is 9.92 Å². The minimum Gasteiger partial charge on any atom is -0.496 e. The van der Waals surface area contributed by atoms with Gasteiger partial charge in [-0.3, -0.25) is 9.59 Å². The molecule has 0 bridgehead atoms. The van der Waals surface area contributed by atoms with Gasteiger partial charge in [-0.15, -0.1) is 32.9 Å². The molecule has 2 aliphatic rings. The molecule has 2 aromatic carbocycles. The Morgan fingerprint density at radius 3 is 1.63 bits per heavy atom. The highest BCUT2D eigenvalue weighted by Gasteiger charge is 2.41.